The predicted octanol–water partition coefficient (Wildman–Crippen LogP) is 1.50. The Morgan fingerprint density at radius 2 is 2.25 bits per heavy atom. The van der Waals surface area contributed by atoms with Crippen LogP contribution in [0, 0.1) is 0 Å². The Hall–Kier alpha value is -2.21. The number of para-hydroxylation sites is 1. The molecule has 0 unspecified atom stereocenters. The van der Waals surface area contributed by atoms with Crippen LogP contribution in [0.2, 0.25) is 0 Å². The van der Waals surface area contributed by atoms with E-state index in [9.17, 15) is 0 Å². The molecular weight excluding hydrogens is 254 g/mol. The normalized spacial score (nSPS) is 15.9. The highest BCUT2D eigenvalue weighted by atomic mass is 16.5. The summed E-state index contributed by atoms with van der Waals surface area (Å²) in [7, 11) is 1.71. The van der Waals surface area contributed by atoms with E-state index >= 15 is 0 Å². The van der Waals surface area contributed by atoms with Crippen molar-refractivity contribution in [1.29, 1.82) is 0 Å². The van der Waals surface area contributed by atoms with Crippen LogP contribution in [0.4, 0.5) is 0 Å². The highest BCUT2D eigenvalue weighted by molar-refractivity contribution is 5.61. The second-order valence-corrected chi connectivity index (χ2v) is 4.78. The van der Waals surface area contributed by atoms with E-state index in [0.717, 1.165) is 37.4 Å². The average molecular weight is 271 g/mol. The van der Waals surface area contributed by atoms with Gasteiger partial charge in [0.25, 0.3) is 0 Å². The van der Waals surface area contributed by atoms with Crippen LogP contribution in [-0.2, 0) is 6.54 Å². The zero-order valence-corrected chi connectivity index (χ0v) is 11.4. The van der Waals surface area contributed by atoms with Crippen molar-refractivity contribution in [1.82, 2.24) is 25.5 Å². The molecule has 2 aromatic rings. The molecular formula is C14H17N5O. The maximum absolute atomic E-state index is 5.40. The fraction of sp³-hybridized carbons (Fsp3) is 0.357. The fourth-order valence-corrected chi connectivity index (χ4v) is 2.48. The summed E-state index contributed by atoms with van der Waals surface area (Å²) in [5.74, 6) is 1.62. The molecule has 3 rings (SSSR count). The first-order valence-electron chi connectivity index (χ1n) is 6.64. The largest absolute Gasteiger partial charge is 0.496 e. The summed E-state index contributed by atoms with van der Waals surface area (Å²) in [5, 5.41) is 14.2. The van der Waals surface area contributed by atoms with Gasteiger partial charge in [-0.05, 0) is 17.7 Å². The molecule has 1 N–H and O–H groups in total. The Morgan fingerprint density at radius 3 is 3.05 bits per heavy atom. The summed E-state index contributed by atoms with van der Waals surface area (Å²) >= 11 is 0. The standard InChI is InChI=1S/C14H17N5O/c1-20-13-7-3-2-5-11(13)9-19-8-4-6-12(10-19)14-15-17-18-16-14/h2-3,5-7H,4,8-10H2,1H3,(H,15,16,17,18). The van der Waals surface area contributed by atoms with E-state index in [2.05, 4.69) is 37.7 Å². The quantitative estimate of drug-likeness (QED) is 0.912. The number of tetrazole rings is 1. The molecule has 1 aromatic heterocycles. The highest BCUT2D eigenvalue weighted by Gasteiger charge is 2.17. The Kier molecular flexibility index (Phi) is 3.73. The van der Waals surface area contributed by atoms with Crippen LogP contribution in [0.5, 0.6) is 5.75 Å². The highest BCUT2D eigenvalue weighted by Crippen LogP contribution is 2.23. The van der Waals surface area contributed by atoms with Crippen molar-refractivity contribution in [3.63, 3.8) is 0 Å². The summed E-state index contributed by atoms with van der Waals surface area (Å²) in [5.41, 5.74) is 2.32. The number of hydrogen-bond acceptors (Lipinski definition) is 5. The van der Waals surface area contributed by atoms with Crippen molar-refractivity contribution >= 4 is 5.57 Å². The molecule has 0 atom stereocenters. The minimum absolute atomic E-state index is 0.690. The van der Waals surface area contributed by atoms with E-state index in [4.69, 9.17) is 4.74 Å². The molecule has 0 saturated carbocycles. The predicted molar refractivity (Wildman–Crippen MR) is 75.0 cm³/mol. The molecule has 0 spiro atoms. The minimum Gasteiger partial charge on any atom is -0.496 e. The van der Waals surface area contributed by atoms with Gasteiger partial charge in [-0.25, -0.2) is 0 Å². The van der Waals surface area contributed by atoms with Crippen molar-refractivity contribution in [3.05, 3.63) is 41.7 Å². The molecule has 104 valence electrons. The van der Waals surface area contributed by atoms with Crippen LogP contribution in [-0.4, -0.2) is 45.7 Å². The number of H-pyrrole nitrogens is 1. The molecule has 6 heteroatoms. The lowest BCUT2D eigenvalue weighted by atomic mass is 10.1. The molecule has 0 aliphatic carbocycles. The molecule has 0 bridgehead atoms. The van der Waals surface area contributed by atoms with E-state index in [1.54, 1.807) is 7.11 Å². The molecule has 0 radical (unpaired) electrons. The van der Waals surface area contributed by atoms with E-state index in [1.807, 2.05) is 18.2 Å². The Labute approximate surface area is 117 Å². The summed E-state index contributed by atoms with van der Waals surface area (Å²) in [6.45, 7) is 2.72. The van der Waals surface area contributed by atoms with Gasteiger partial charge < -0.3 is 4.74 Å². The van der Waals surface area contributed by atoms with Gasteiger partial charge in [-0.3, -0.25) is 4.90 Å². The van der Waals surface area contributed by atoms with Crippen molar-refractivity contribution in [2.24, 2.45) is 0 Å². The van der Waals surface area contributed by atoms with E-state index in [-0.39, 0.29) is 0 Å². The Bertz CT molecular complexity index is 593. The average Bonchev–Trinajstić information content (AvgIpc) is 3.02. The number of hydrogen-bond donors (Lipinski definition) is 1. The van der Waals surface area contributed by atoms with Crippen LogP contribution in [0.15, 0.2) is 30.3 Å². The van der Waals surface area contributed by atoms with E-state index in [1.165, 1.54) is 5.56 Å². The molecule has 0 fully saturated rings. The van der Waals surface area contributed by atoms with E-state index < -0.39 is 0 Å². The lowest BCUT2D eigenvalue weighted by molar-refractivity contribution is 0.289. The van der Waals surface area contributed by atoms with Crippen molar-refractivity contribution in [2.75, 3.05) is 20.2 Å². The van der Waals surface area contributed by atoms with Crippen LogP contribution in [0.25, 0.3) is 5.57 Å². The molecule has 1 aliphatic rings. The number of methoxy groups -OCH3 is 1. The molecule has 20 heavy (non-hydrogen) atoms. The topological polar surface area (TPSA) is 66.9 Å². The lowest BCUT2D eigenvalue weighted by Crippen LogP contribution is -2.29. The number of nitrogens with zero attached hydrogens (tertiary/aromatic N) is 4. The van der Waals surface area contributed by atoms with Crippen molar-refractivity contribution in [2.45, 2.75) is 13.0 Å². The summed E-state index contributed by atoms with van der Waals surface area (Å²) in [4.78, 5) is 2.36. The first-order chi connectivity index (χ1) is 9.86. The third-order valence-corrected chi connectivity index (χ3v) is 3.45. The zero-order chi connectivity index (χ0) is 13.8. The first kappa shape index (κ1) is 12.8. The SMILES string of the molecule is COc1ccccc1CN1CCC=C(c2nn[nH]n2)C1. The van der Waals surface area contributed by atoms with Crippen molar-refractivity contribution < 1.29 is 4.74 Å². The minimum atomic E-state index is 0.690. The number of aromatic nitrogens is 4. The third-order valence-electron chi connectivity index (χ3n) is 3.45. The molecule has 6 nitrogen and oxygen atoms in total. The summed E-state index contributed by atoms with van der Waals surface area (Å²) in [6.07, 6.45) is 3.18. The van der Waals surface area contributed by atoms with Gasteiger partial charge in [0, 0.05) is 30.8 Å². The van der Waals surface area contributed by atoms with Crippen LogP contribution < -0.4 is 4.74 Å². The first-order valence-corrected chi connectivity index (χ1v) is 6.64. The summed E-state index contributed by atoms with van der Waals surface area (Å²) in [6, 6.07) is 8.13. The van der Waals surface area contributed by atoms with Crippen molar-refractivity contribution in [3.8, 4) is 5.75 Å². The van der Waals surface area contributed by atoms with Gasteiger partial charge >= 0.3 is 0 Å². The Morgan fingerprint density at radius 1 is 1.35 bits per heavy atom. The lowest BCUT2D eigenvalue weighted by Gasteiger charge is -2.26. The molecule has 0 saturated heterocycles. The van der Waals surface area contributed by atoms with Gasteiger partial charge in [0.15, 0.2) is 0 Å². The Balaban J connectivity index is 1.72. The van der Waals surface area contributed by atoms with Gasteiger partial charge in [-0.1, -0.05) is 24.3 Å². The van der Waals surface area contributed by atoms with Crippen LogP contribution in [0.1, 0.15) is 17.8 Å². The van der Waals surface area contributed by atoms with Gasteiger partial charge in [-0.15, -0.1) is 10.2 Å². The monoisotopic (exact) mass is 271 g/mol. The molecule has 1 aromatic carbocycles. The number of rotatable bonds is 4. The number of aromatic amines is 1. The maximum Gasteiger partial charge on any atom is 0.201 e. The fourth-order valence-electron chi connectivity index (χ4n) is 2.48. The van der Waals surface area contributed by atoms with Crippen LogP contribution >= 0.6 is 0 Å². The number of benzene rings is 1. The van der Waals surface area contributed by atoms with Crippen LogP contribution in [0.3, 0.4) is 0 Å². The van der Waals surface area contributed by atoms with Gasteiger partial charge in [0.1, 0.15) is 5.75 Å². The van der Waals surface area contributed by atoms with Gasteiger partial charge in [-0.2, -0.15) is 5.21 Å². The smallest absolute Gasteiger partial charge is 0.201 e. The molecule has 2 heterocycles. The second-order valence-electron chi connectivity index (χ2n) is 4.78. The summed E-state index contributed by atoms with van der Waals surface area (Å²) < 4.78 is 5.40. The van der Waals surface area contributed by atoms with E-state index in [0.29, 0.717) is 5.82 Å². The number of ether oxygens (including phenoxy) is 1. The molecule has 1 aliphatic heterocycles. The maximum atomic E-state index is 5.40. The molecule has 0 amide bonds. The van der Waals surface area contributed by atoms with Gasteiger partial charge in [0.2, 0.25) is 5.82 Å². The number of nitrogens with one attached hydrogen (secondary N) is 1. The second kappa shape index (κ2) is 5.83. The van der Waals surface area contributed by atoms with Gasteiger partial charge in [0.05, 0.1) is 7.11 Å². The zero-order valence-electron chi connectivity index (χ0n) is 11.4. The third kappa shape index (κ3) is 2.70.